The number of nitro groups is 1. The number of aromatic nitrogens is 2. The molecule has 1 aromatic carbocycles. The highest BCUT2D eigenvalue weighted by Gasteiger charge is 2.19. The summed E-state index contributed by atoms with van der Waals surface area (Å²) in [6, 6.07) is 7.02. The third kappa shape index (κ3) is 5.08. The van der Waals surface area contributed by atoms with E-state index in [1.54, 1.807) is 30.5 Å². The number of anilines is 1. The van der Waals surface area contributed by atoms with Crippen molar-refractivity contribution in [3.63, 3.8) is 0 Å². The van der Waals surface area contributed by atoms with Crippen molar-refractivity contribution in [2.24, 2.45) is 0 Å². The van der Waals surface area contributed by atoms with E-state index in [0.717, 1.165) is 24.1 Å². The Labute approximate surface area is 160 Å². The van der Waals surface area contributed by atoms with Crippen LogP contribution in [0.2, 0.25) is 0 Å². The van der Waals surface area contributed by atoms with E-state index in [0.29, 0.717) is 12.0 Å². The molecule has 0 spiro atoms. The summed E-state index contributed by atoms with van der Waals surface area (Å²) >= 11 is 0. The Balaban J connectivity index is 1.82. The molecule has 1 aromatic heterocycles. The minimum absolute atomic E-state index is 0.101. The largest absolute Gasteiger partial charge is 0.369 e. The van der Waals surface area contributed by atoms with E-state index < -0.39 is 0 Å². The molecule has 1 aliphatic rings. The van der Waals surface area contributed by atoms with Crippen molar-refractivity contribution < 1.29 is 4.92 Å². The van der Waals surface area contributed by atoms with Crippen molar-refractivity contribution in [3.8, 4) is 11.3 Å². The zero-order valence-electron chi connectivity index (χ0n) is 16.0. The quantitative estimate of drug-likeness (QED) is 0.539. The summed E-state index contributed by atoms with van der Waals surface area (Å²) in [4.78, 5) is 14.9. The number of nitrogens with zero attached hydrogens (tertiary/aromatic N) is 3. The molecule has 27 heavy (non-hydrogen) atoms. The van der Waals surface area contributed by atoms with E-state index in [1.165, 1.54) is 57.8 Å². The van der Waals surface area contributed by atoms with Crippen LogP contribution >= 0.6 is 0 Å². The van der Waals surface area contributed by atoms with E-state index in [9.17, 15) is 10.1 Å². The first-order valence-corrected chi connectivity index (χ1v) is 10.2. The molecule has 146 valence electrons. The molecule has 6 heteroatoms. The molecule has 0 saturated heterocycles. The highest BCUT2D eigenvalue weighted by Crippen LogP contribution is 2.33. The van der Waals surface area contributed by atoms with Gasteiger partial charge in [-0.15, -0.1) is 0 Å². The third-order valence-electron chi connectivity index (χ3n) is 5.64. The van der Waals surface area contributed by atoms with Crippen LogP contribution < -0.4 is 5.73 Å². The van der Waals surface area contributed by atoms with Gasteiger partial charge in [0, 0.05) is 23.7 Å². The molecule has 2 N–H and O–H groups in total. The van der Waals surface area contributed by atoms with E-state index in [2.05, 4.69) is 9.55 Å². The fraction of sp³-hybridized carbons (Fsp3) is 0.571. The van der Waals surface area contributed by atoms with Crippen LogP contribution in [0.4, 0.5) is 11.6 Å². The van der Waals surface area contributed by atoms with E-state index >= 15 is 0 Å². The summed E-state index contributed by atoms with van der Waals surface area (Å²) < 4.78 is 2.16. The summed E-state index contributed by atoms with van der Waals surface area (Å²) in [5, 5.41) is 10.9. The SMILES string of the molecule is Nc1ncc(-c2ccc([N+](=O)[O-])cc2)n1C1CCCCCCCCCCC1. The van der Waals surface area contributed by atoms with Gasteiger partial charge < -0.3 is 10.3 Å². The zero-order valence-corrected chi connectivity index (χ0v) is 16.0. The Morgan fingerprint density at radius 1 is 0.926 bits per heavy atom. The van der Waals surface area contributed by atoms with Gasteiger partial charge in [-0.2, -0.15) is 0 Å². The number of hydrogen-bond donors (Lipinski definition) is 1. The monoisotopic (exact) mass is 370 g/mol. The minimum Gasteiger partial charge on any atom is -0.369 e. The van der Waals surface area contributed by atoms with Crippen LogP contribution in [0.25, 0.3) is 11.3 Å². The van der Waals surface area contributed by atoms with Crippen LogP contribution in [-0.4, -0.2) is 14.5 Å². The predicted octanol–water partition coefficient (Wildman–Crippen LogP) is 5.89. The maximum atomic E-state index is 10.9. The van der Waals surface area contributed by atoms with Crippen molar-refractivity contribution in [1.82, 2.24) is 9.55 Å². The van der Waals surface area contributed by atoms with Crippen molar-refractivity contribution in [2.45, 2.75) is 76.7 Å². The van der Waals surface area contributed by atoms with Gasteiger partial charge >= 0.3 is 0 Å². The summed E-state index contributed by atoms with van der Waals surface area (Å²) in [5.74, 6) is 0.542. The molecule has 0 unspecified atom stereocenters. The molecule has 0 aliphatic heterocycles. The fourth-order valence-electron chi connectivity index (χ4n) is 4.13. The highest BCUT2D eigenvalue weighted by molar-refractivity contribution is 5.63. The Bertz CT molecular complexity index is 727. The predicted molar refractivity (Wildman–Crippen MR) is 109 cm³/mol. The number of nitro benzene ring substituents is 1. The molecule has 0 amide bonds. The minimum atomic E-state index is -0.373. The van der Waals surface area contributed by atoms with Gasteiger partial charge in [0.15, 0.2) is 0 Å². The Morgan fingerprint density at radius 2 is 1.44 bits per heavy atom. The second kappa shape index (κ2) is 9.53. The van der Waals surface area contributed by atoms with Crippen LogP contribution in [0.3, 0.4) is 0 Å². The number of non-ortho nitro benzene ring substituents is 1. The second-order valence-corrected chi connectivity index (χ2v) is 7.59. The molecule has 2 aromatic rings. The Hall–Kier alpha value is -2.37. The van der Waals surface area contributed by atoms with Crippen LogP contribution in [0.15, 0.2) is 30.5 Å². The second-order valence-electron chi connectivity index (χ2n) is 7.59. The number of nitrogens with two attached hydrogens (primary N) is 1. The lowest BCUT2D eigenvalue weighted by Gasteiger charge is -2.23. The first-order chi connectivity index (χ1) is 13.2. The Kier molecular flexibility index (Phi) is 6.85. The van der Waals surface area contributed by atoms with Crippen molar-refractivity contribution >= 4 is 11.6 Å². The molecule has 1 aliphatic carbocycles. The highest BCUT2D eigenvalue weighted by atomic mass is 16.6. The Morgan fingerprint density at radius 3 is 1.96 bits per heavy atom. The number of hydrogen-bond acceptors (Lipinski definition) is 4. The lowest BCUT2D eigenvalue weighted by atomic mass is 9.97. The van der Waals surface area contributed by atoms with E-state index in [-0.39, 0.29) is 10.6 Å². The number of benzene rings is 1. The lowest BCUT2D eigenvalue weighted by molar-refractivity contribution is -0.384. The van der Waals surface area contributed by atoms with E-state index in [1.807, 2.05) is 0 Å². The molecule has 1 heterocycles. The van der Waals surface area contributed by atoms with Gasteiger partial charge in [-0.3, -0.25) is 10.1 Å². The van der Waals surface area contributed by atoms with Crippen molar-refractivity contribution in [3.05, 3.63) is 40.6 Å². The molecule has 0 bridgehead atoms. The van der Waals surface area contributed by atoms with Gasteiger partial charge in [-0.25, -0.2) is 4.98 Å². The molecule has 1 fully saturated rings. The molecular formula is C21H30N4O2. The van der Waals surface area contributed by atoms with Crippen molar-refractivity contribution in [1.29, 1.82) is 0 Å². The first kappa shape index (κ1) is 19.4. The third-order valence-corrected chi connectivity index (χ3v) is 5.64. The first-order valence-electron chi connectivity index (χ1n) is 10.2. The van der Waals surface area contributed by atoms with Gasteiger partial charge in [0.2, 0.25) is 5.95 Å². The fourth-order valence-corrected chi connectivity index (χ4v) is 4.13. The molecule has 0 atom stereocenters. The average molecular weight is 370 g/mol. The van der Waals surface area contributed by atoms with E-state index in [4.69, 9.17) is 5.73 Å². The average Bonchev–Trinajstić information content (AvgIpc) is 3.04. The van der Waals surface area contributed by atoms with Crippen LogP contribution in [0.5, 0.6) is 0 Å². The molecular weight excluding hydrogens is 340 g/mol. The molecule has 1 saturated carbocycles. The van der Waals surface area contributed by atoms with Gasteiger partial charge in [0.1, 0.15) is 0 Å². The number of imidazole rings is 1. The summed E-state index contributed by atoms with van der Waals surface area (Å²) in [6.45, 7) is 0. The molecule has 6 nitrogen and oxygen atoms in total. The maximum Gasteiger partial charge on any atom is 0.269 e. The van der Waals surface area contributed by atoms with Crippen LogP contribution in [-0.2, 0) is 0 Å². The van der Waals surface area contributed by atoms with Gasteiger partial charge in [0.05, 0.1) is 16.8 Å². The topological polar surface area (TPSA) is 87.0 Å². The lowest BCUT2D eigenvalue weighted by Crippen LogP contribution is -2.14. The molecule has 0 radical (unpaired) electrons. The summed E-state index contributed by atoms with van der Waals surface area (Å²) in [6.07, 6.45) is 15.7. The number of nitrogen functional groups attached to an aromatic ring is 1. The summed E-state index contributed by atoms with van der Waals surface area (Å²) in [7, 11) is 0. The zero-order chi connectivity index (χ0) is 19.1. The van der Waals surface area contributed by atoms with Gasteiger partial charge in [-0.05, 0) is 25.0 Å². The normalized spacial score (nSPS) is 17.8. The van der Waals surface area contributed by atoms with Gasteiger partial charge in [0.25, 0.3) is 5.69 Å². The smallest absolute Gasteiger partial charge is 0.269 e. The van der Waals surface area contributed by atoms with Crippen molar-refractivity contribution in [2.75, 3.05) is 5.73 Å². The maximum absolute atomic E-state index is 10.9. The van der Waals surface area contributed by atoms with Crippen LogP contribution in [0, 0.1) is 10.1 Å². The van der Waals surface area contributed by atoms with Gasteiger partial charge in [-0.1, -0.05) is 57.8 Å². The standard InChI is InChI=1S/C21H30N4O2/c22-21-23-16-20(17-12-14-19(15-13-17)25(26)27)24(21)18-10-8-6-4-2-1-3-5-7-9-11-18/h12-16,18H,1-11H2,(H2,22,23). The van der Waals surface area contributed by atoms with Crippen LogP contribution in [0.1, 0.15) is 76.7 Å². The number of rotatable bonds is 3. The molecule has 3 rings (SSSR count). The summed E-state index contributed by atoms with van der Waals surface area (Å²) in [5.41, 5.74) is 8.23.